The number of rotatable bonds is 9. The summed E-state index contributed by atoms with van der Waals surface area (Å²) in [7, 11) is 0. The number of nitro groups is 1. The molecule has 8 nitrogen and oxygen atoms in total. The highest BCUT2D eigenvalue weighted by Gasteiger charge is 2.31. The number of nitrogens with zero attached hydrogens (tertiary/aromatic N) is 2. The molecule has 0 bridgehead atoms. The van der Waals surface area contributed by atoms with Crippen molar-refractivity contribution in [1.82, 2.24) is 4.90 Å². The number of unbranched alkanes of at least 4 members (excludes halogenated alkanes) is 2. The molecule has 2 aromatic rings. The van der Waals surface area contributed by atoms with Crippen molar-refractivity contribution in [2.75, 3.05) is 11.9 Å². The van der Waals surface area contributed by atoms with Crippen LogP contribution in [0.3, 0.4) is 0 Å². The minimum absolute atomic E-state index is 0.00645. The third kappa shape index (κ3) is 6.14. The van der Waals surface area contributed by atoms with E-state index in [1.807, 2.05) is 36.4 Å². The van der Waals surface area contributed by atoms with Gasteiger partial charge in [0.05, 0.1) is 15.5 Å². The molecule has 1 aliphatic rings. The number of amides is 2. The fourth-order valence-electron chi connectivity index (χ4n) is 3.08. The zero-order valence-electron chi connectivity index (χ0n) is 17.0. The van der Waals surface area contributed by atoms with Gasteiger partial charge in [0.15, 0.2) is 0 Å². The van der Waals surface area contributed by atoms with Crippen LogP contribution in [-0.4, -0.2) is 37.6 Å². The van der Waals surface area contributed by atoms with Crippen molar-refractivity contribution in [2.45, 2.75) is 25.7 Å². The lowest BCUT2D eigenvalue weighted by molar-refractivity contribution is -0.384. The maximum Gasteiger partial charge on any atom is 0.271 e. The first kappa shape index (κ1) is 23.4. The van der Waals surface area contributed by atoms with E-state index in [9.17, 15) is 24.8 Å². The predicted molar refractivity (Wildman–Crippen MR) is 128 cm³/mol. The zero-order chi connectivity index (χ0) is 23.1. The molecule has 0 spiro atoms. The first-order valence-electron chi connectivity index (χ1n) is 9.93. The Morgan fingerprint density at radius 3 is 2.66 bits per heavy atom. The number of carbonyl (C=O) groups is 2. The molecule has 166 valence electrons. The molecule has 0 aromatic heterocycles. The van der Waals surface area contributed by atoms with Gasteiger partial charge in [-0.15, -0.1) is 0 Å². The number of carbonyl (C=O) groups excluding carboxylic acids is 2. The maximum atomic E-state index is 12.6. The van der Waals surface area contributed by atoms with E-state index < -0.39 is 4.92 Å². The number of thioether (sulfide) groups is 1. The summed E-state index contributed by atoms with van der Waals surface area (Å²) in [6.45, 7) is 0.476. The van der Waals surface area contributed by atoms with Gasteiger partial charge in [0, 0.05) is 25.1 Å². The molecule has 2 aromatic carbocycles. The predicted octanol–water partition coefficient (Wildman–Crippen LogP) is 4.70. The fraction of sp³-hybridized carbons (Fsp3) is 0.227. The van der Waals surface area contributed by atoms with Crippen molar-refractivity contribution in [2.24, 2.45) is 0 Å². The number of hydrogen-bond acceptors (Lipinski definition) is 7. The van der Waals surface area contributed by atoms with E-state index in [1.54, 1.807) is 4.90 Å². The SMILES string of the molecule is O=C(CCCCCN1C(=O)/C(=C/c2ccccc2)SC1=S)Nc1cc([N+](=O)[O-])ccc1O. The lowest BCUT2D eigenvalue weighted by Gasteiger charge is -2.14. The molecule has 1 fully saturated rings. The third-order valence-electron chi connectivity index (χ3n) is 4.72. The molecule has 3 rings (SSSR count). The van der Waals surface area contributed by atoms with Crippen molar-refractivity contribution in [3.63, 3.8) is 0 Å². The highest BCUT2D eigenvalue weighted by Crippen LogP contribution is 2.33. The van der Waals surface area contributed by atoms with Gasteiger partial charge in [0.25, 0.3) is 11.6 Å². The van der Waals surface area contributed by atoms with Gasteiger partial charge >= 0.3 is 0 Å². The average molecular weight is 472 g/mol. The first-order chi connectivity index (χ1) is 15.3. The van der Waals surface area contributed by atoms with Crippen molar-refractivity contribution in [3.8, 4) is 5.75 Å². The summed E-state index contributed by atoms with van der Waals surface area (Å²) in [4.78, 5) is 37.1. The lowest BCUT2D eigenvalue weighted by Crippen LogP contribution is -2.29. The number of nitrogens with one attached hydrogen (secondary N) is 1. The number of thiocarbonyl (C=S) groups is 1. The number of anilines is 1. The molecule has 0 saturated carbocycles. The largest absolute Gasteiger partial charge is 0.506 e. The van der Waals surface area contributed by atoms with E-state index in [1.165, 1.54) is 17.8 Å². The second-order valence-electron chi connectivity index (χ2n) is 7.06. The van der Waals surface area contributed by atoms with E-state index in [-0.39, 0.29) is 35.4 Å². The molecule has 1 aliphatic heterocycles. The van der Waals surface area contributed by atoms with E-state index >= 15 is 0 Å². The minimum atomic E-state index is -0.599. The Bertz CT molecular complexity index is 1070. The van der Waals surface area contributed by atoms with Crippen LogP contribution in [-0.2, 0) is 9.59 Å². The van der Waals surface area contributed by atoms with Crippen LogP contribution in [0.25, 0.3) is 6.08 Å². The Hall–Kier alpha value is -3.24. The highest BCUT2D eigenvalue weighted by molar-refractivity contribution is 8.26. The van der Waals surface area contributed by atoms with Gasteiger partial charge in [0.1, 0.15) is 10.1 Å². The number of aromatic hydroxyl groups is 1. The molecule has 32 heavy (non-hydrogen) atoms. The van der Waals surface area contributed by atoms with Gasteiger partial charge in [-0.05, 0) is 30.5 Å². The van der Waals surface area contributed by atoms with Gasteiger partial charge in [-0.2, -0.15) is 0 Å². The molecule has 2 N–H and O–H groups in total. The molecular formula is C22H21N3O5S2. The quantitative estimate of drug-likeness (QED) is 0.136. The number of non-ortho nitro benzene ring substituents is 1. The van der Waals surface area contributed by atoms with E-state index in [2.05, 4.69) is 5.32 Å². The topological polar surface area (TPSA) is 113 Å². The van der Waals surface area contributed by atoms with Crippen LogP contribution in [0, 0.1) is 10.1 Å². The Labute approximate surface area is 194 Å². The third-order valence-corrected chi connectivity index (χ3v) is 6.10. The molecule has 0 unspecified atom stereocenters. The van der Waals surface area contributed by atoms with Crippen LogP contribution < -0.4 is 5.32 Å². The smallest absolute Gasteiger partial charge is 0.271 e. The number of phenols is 1. The Balaban J connectivity index is 1.43. The summed E-state index contributed by atoms with van der Waals surface area (Å²) in [5.41, 5.74) is 0.726. The summed E-state index contributed by atoms with van der Waals surface area (Å²) in [5, 5.41) is 23.1. The number of benzene rings is 2. The average Bonchev–Trinajstić information content (AvgIpc) is 3.02. The zero-order valence-corrected chi connectivity index (χ0v) is 18.7. The van der Waals surface area contributed by atoms with Gasteiger partial charge in [-0.3, -0.25) is 24.6 Å². The van der Waals surface area contributed by atoms with Crippen molar-refractivity contribution in [3.05, 3.63) is 69.1 Å². The van der Waals surface area contributed by atoms with E-state index in [0.29, 0.717) is 35.0 Å². The summed E-state index contributed by atoms with van der Waals surface area (Å²) in [6, 6.07) is 13.0. The van der Waals surface area contributed by atoms with Crippen LogP contribution in [0.2, 0.25) is 0 Å². The minimum Gasteiger partial charge on any atom is -0.506 e. The normalized spacial score (nSPS) is 14.8. The van der Waals surface area contributed by atoms with Crippen LogP contribution in [0.5, 0.6) is 5.75 Å². The van der Waals surface area contributed by atoms with Gasteiger partial charge in [0.2, 0.25) is 5.91 Å². The van der Waals surface area contributed by atoms with Crippen molar-refractivity contribution >= 4 is 57.6 Å². The first-order valence-corrected chi connectivity index (χ1v) is 11.2. The highest BCUT2D eigenvalue weighted by atomic mass is 32.2. The molecule has 0 atom stereocenters. The molecule has 1 heterocycles. The van der Waals surface area contributed by atoms with Crippen molar-refractivity contribution < 1.29 is 19.6 Å². The molecule has 1 saturated heterocycles. The summed E-state index contributed by atoms with van der Waals surface area (Å²) in [5.74, 6) is -0.693. The second-order valence-corrected chi connectivity index (χ2v) is 8.74. The second kappa shape index (κ2) is 10.9. The molecular weight excluding hydrogens is 450 g/mol. The fourth-order valence-corrected chi connectivity index (χ4v) is 4.38. The summed E-state index contributed by atoms with van der Waals surface area (Å²) < 4.78 is 0.524. The standard InChI is InChI=1S/C22H21N3O5S2/c26-18-11-10-16(25(29)30)14-17(18)23-20(27)9-5-2-6-12-24-21(28)19(32-22(24)31)13-15-7-3-1-4-8-15/h1,3-4,7-8,10-11,13-14,26H,2,5-6,9,12H2,(H,23,27)/b19-13-. The van der Waals surface area contributed by atoms with Crippen LogP contribution in [0.1, 0.15) is 31.2 Å². The Kier molecular flexibility index (Phi) is 7.96. The van der Waals surface area contributed by atoms with Crippen LogP contribution in [0.4, 0.5) is 11.4 Å². The van der Waals surface area contributed by atoms with Gasteiger partial charge in [-0.1, -0.05) is 60.7 Å². The van der Waals surface area contributed by atoms with Gasteiger partial charge in [-0.25, -0.2) is 0 Å². The lowest BCUT2D eigenvalue weighted by atomic mass is 10.1. The van der Waals surface area contributed by atoms with E-state index in [0.717, 1.165) is 17.7 Å². The summed E-state index contributed by atoms with van der Waals surface area (Å²) >= 11 is 6.62. The Morgan fingerprint density at radius 2 is 1.94 bits per heavy atom. The Morgan fingerprint density at radius 1 is 1.19 bits per heavy atom. The van der Waals surface area contributed by atoms with Crippen LogP contribution >= 0.6 is 24.0 Å². The maximum absolute atomic E-state index is 12.6. The van der Waals surface area contributed by atoms with Crippen molar-refractivity contribution in [1.29, 1.82) is 0 Å². The van der Waals surface area contributed by atoms with Crippen LogP contribution in [0.15, 0.2) is 53.4 Å². The molecule has 0 radical (unpaired) electrons. The summed E-state index contributed by atoms with van der Waals surface area (Å²) in [6.07, 6.45) is 3.96. The molecule has 0 aliphatic carbocycles. The van der Waals surface area contributed by atoms with E-state index in [4.69, 9.17) is 12.2 Å². The number of phenolic OH excluding ortho intramolecular Hbond substituents is 1. The molecule has 10 heteroatoms. The number of nitro benzene ring substituents is 1. The van der Waals surface area contributed by atoms with Gasteiger partial charge < -0.3 is 10.4 Å². The monoisotopic (exact) mass is 471 g/mol. The number of hydrogen-bond donors (Lipinski definition) is 2. The molecule has 2 amide bonds.